The summed E-state index contributed by atoms with van der Waals surface area (Å²) in [5.41, 5.74) is 6.85. The lowest BCUT2D eigenvalue weighted by Crippen LogP contribution is -2.33. The monoisotopic (exact) mass is 236 g/mol. The quantitative estimate of drug-likeness (QED) is 0.734. The van der Waals surface area contributed by atoms with Gasteiger partial charge in [-0.05, 0) is 20.8 Å². The molecule has 1 aromatic heterocycles. The molecule has 1 aliphatic rings. The molecule has 92 valence electrons. The minimum absolute atomic E-state index is 0.352. The zero-order chi connectivity index (χ0) is 12.6. The van der Waals surface area contributed by atoms with E-state index in [1.54, 1.807) is 4.90 Å². The number of nitrogens with zero attached hydrogens (tertiary/aromatic N) is 3. The topological polar surface area (TPSA) is 81.3 Å². The summed E-state index contributed by atoms with van der Waals surface area (Å²) in [4.78, 5) is 21.4. The molecule has 1 amide bonds. The first-order valence-corrected chi connectivity index (χ1v) is 5.43. The molecule has 0 spiro atoms. The van der Waals surface area contributed by atoms with E-state index < -0.39 is 5.60 Å². The van der Waals surface area contributed by atoms with Crippen LogP contribution in [0.3, 0.4) is 0 Å². The number of amides is 1. The van der Waals surface area contributed by atoms with Gasteiger partial charge in [-0.2, -0.15) is 0 Å². The lowest BCUT2D eigenvalue weighted by atomic mass is 10.2. The Labute approximate surface area is 99.8 Å². The minimum Gasteiger partial charge on any atom is -0.444 e. The molecule has 0 atom stereocenters. The van der Waals surface area contributed by atoms with Crippen LogP contribution in [0.4, 0.5) is 10.6 Å². The highest BCUT2D eigenvalue weighted by Gasteiger charge is 2.29. The van der Waals surface area contributed by atoms with Crippen LogP contribution >= 0.6 is 0 Å². The number of carbonyl (C=O) groups is 1. The largest absolute Gasteiger partial charge is 0.444 e. The summed E-state index contributed by atoms with van der Waals surface area (Å²) < 4.78 is 5.29. The van der Waals surface area contributed by atoms with E-state index in [1.807, 2.05) is 20.8 Å². The molecule has 17 heavy (non-hydrogen) atoms. The summed E-state index contributed by atoms with van der Waals surface area (Å²) in [5, 5.41) is 0. The smallest absolute Gasteiger partial charge is 0.410 e. The molecule has 0 fully saturated rings. The van der Waals surface area contributed by atoms with Gasteiger partial charge in [-0.25, -0.2) is 14.8 Å². The maximum Gasteiger partial charge on any atom is 0.410 e. The zero-order valence-electron chi connectivity index (χ0n) is 10.2. The molecule has 0 radical (unpaired) electrons. The maximum absolute atomic E-state index is 11.9. The van der Waals surface area contributed by atoms with Crippen LogP contribution in [-0.4, -0.2) is 26.6 Å². The second-order valence-corrected chi connectivity index (χ2v) is 5.02. The summed E-state index contributed by atoms with van der Waals surface area (Å²) in [7, 11) is 0. The third-order valence-electron chi connectivity index (χ3n) is 2.41. The number of aromatic nitrogens is 2. The second kappa shape index (κ2) is 3.87. The van der Waals surface area contributed by atoms with Gasteiger partial charge in [0.2, 0.25) is 0 Å². The molecule has 6 nitrogen and oxygen atoms in total. The van der Waals surface area contributed by atoms with Gasteiger partial charge in [0.1, 0.15) is 17.7 Å². The molecule has 0 saturated heterocycles. The van der Waals surface area contributed by atoms with Crippen LogP contribution in [-0.2, 0) is 17.8 Å². The van der Waals surface area contributed by atoms with Gasteiger partial charge >= 0.3 is 6.09 Å². The van der Waals surface area contributed by atoms with Crippen LogP contribution in [0.1, 0.15) is 32.0 Å². The van der Waals surface area contributed by atoms with Crippen LogP contribution in [0.2, 0.25) is 0 Å². The van der Waals surface area contributed by atoms with E-state index in [2.05, 4.69) is 9.97 Å². The van der Waals surface area contributed by atoms with Gasteiger partial charge in [0, 0.05) is 5.56 Å². The lowest BCUT2D eigenvalue weighted by Gasteiger charge is -2.23. The van der Waals surface area contributed by atoms with Gasteiger partial charge < -0.3 is 10.5 Å². The van der Waals surface area contributed by atoms with Crippen molar-refractivity contribution in [3.8, 4) is 0 Å². The van der Waals surface area contributed by atoms with Crippen LogP contribution in [0.15, 0.2) is 6.33 Å². The summed E-state index contributed by atoms with van der Waals surface area (Å²) in [6.45, 7) is 6.35. The van der Waals surface area contributed by atoms with Crippen molar-refractivity contribution in [1.82, 2.24) is 14.9 Å². The molecule has 1 aromatic rings. The Morgan fingerprint density at radius 2 is 2.12 bits per heavy atom. The van der Waals surface area contributed by atoms with Gasteiger partial charge in [-0.3, -0.25) is 4.90 Å². The molecular weight excluding hydrogens is 220 g/mol. The first-order valence-electron chi connectivity index (χ1n) is 5.43. The van der Waals surface area contributed by atoms with Gasteiger partial charge in [0.05, 0.1) is 18.8 Å². The van der Waals surface area contributed by atoms with E-state index in [0.29, 0.717) is 18.9 Å². The standard InChI is InChI=1S/C11H16N4O2/c1-11(2,3)17-10(16)15-4-7-8(5-15)13-6-14-9(7)12/h6H,4-5H2,1-3H3,(H2,12,13,14). The highest BCUT2D eigenvalue weighted by molar-refractivity contribution is 5.69. The molecule has 6 heteroatoms. The third-order valence-corrected chi connectivity index (χ3v) is 2.41. The van der Waals surface area contributed by atoms with E-state index in [1.165, 1.54) is 6.33 Å². The van der Waals surface area contributed by atoms with Crippen molar-refractivity contribution in [3.05, 3.63) is 17.6 Å². The Morgan fingerprint density at radius 1 is 1.41 bits per heavy atom. The predicted molar refractivity (Wildman–Crippen MR) is 61.9 cm³/mol. The molecule has 2 rings (SSSR count). The fourth-order valence-corrected chi connectivity index (χ4v) is 1.66. The Kier molecular flexibility index (Phi) is 2.65. The second-order valence-electron chi connectivity index (χ2n) is 5.02. The van der Waals surface area contributed by atoms with Crippen molar-refractivity contribution in [2.24, 2.45) is 0 Å². The summed E-state index contributed by atoms with van der Waals surface area (Å²) in [6, 6.07) is 0. The fraction of sp³-hybridized carbons (Fsp3) is 0.545. The Hall–Kier alpha value is -1.85. The van der Waals surface area contributed by atoms with Crippen LogP contribution in [0, 0.1) is 0 Å². The number of fused-ring (bicyclic) bond motifs is 1. The van der Waals surface area contributed by atoms with Crippen molar-refractivity contribution in [2.75, 3.05) is 5.73 Å². The van der Waals surface area contributed by atoms with E-state index in [-0.39, 0.29) is 6.09 Å². The fourth-order valence-electron chi connectivity index (χ4n) is 1.66. The van der Waals surface area contributed by atoms with E-state index >= 15 is 0 Å². The number of rotatable bonds is 0. The van der Waals surface area contributed by atoms with Crippen molar-refractivity contribution in [1.29, 1.82) is 0 Å². The van der Waals surface area contributed by atoms with E-state index in [4.69, 9.17) is 10.5 Å². The predicted octanol–water partition coefficient (Wildman–Crippen LogP) is 1.31. The molecule has 2 N–H and O–H groups in total. The summed E-state index contributed by atoms with van der Waals surface area (Å²) in [6.07, 6.45) is 1.06. The minimum atomic E-state index is -0.497. The molecule has 0 aromatic carbocycles. The number of anilines is 1. The third kappa shape index (κ3) is 2.46. The average Bonchev–Trinajstić information content (AvgIpc) is 2.60. The SMILES string of the molecule is CC(C)(C)OC(=O)N1Cc2ncnc(N)c2C1. The number of nitrogens with two attached hydrogens (primary N) is 1. The number of carbonyl (C=O) groups excluding carboxylic acids is 1. The lowest BCUT2D eigenvalue weighted by molar-refractivity contribution is 0.0241. The van der Waals surface area contributed by atoms with Crippen molar-refractivity contribution >= 4 is 11.9 Å². The maximum atomic E-state index is 11.9. The van der Waals surface area contributed by atoms with Gasteiger partial charge in [-0.1, -0.05) is 0 Å². The highest BCUT2D eigenvalue weighted by Crippen LogP contribution is 2.25. The van der Waals surface area contributed by atoms with Crippen LogP contribution < -0.4 is 5.73 Å². The number of ether oxygens (including phenoxy) is 1. The first-order chi connectivity index (χ1) is 7.87. The van der Waals surface area contributed by atoms with Crippen molar-refractivity contribution in [2.45, 2.75) is 39.5 Å². The number of hydrogen-bond donors (Lipinski definition) is 1. The van der Waals surface area contributed by atoms with Crippen LogP contribution in [0.25, 0.3) is 0 Å². The Bertz CT molecular complexity index is 453. The van der Waals surface area contributed by atoms with Gasteiger partial charge in [-0.15, -0.1) is 0 Å². The summed E-state index contributed by atoms with van der Waals surface area (Å²) in [5.74, 6) is 0.432. The number of hydrogen-bond acceptors (Lipinski definition) is 5. The normalized spacial score (nSPS) is 14.6. The molecule has 0 unspecified atom stereocenters. The zero-order valence-corrected chi connectivity index (χ0v) is 10.2. The highest BCUT2D eigenvalue weighted by atomic mass is 16.6. The van der Waals surface area contributed by atoms with Gasteiger partial charge in [0.15, 0.2) is 0 Å². The Balaban J connectivity index is 2.10. The van der Waals surface area contributed by atoms with E-state index in [9.17, 15) is 4.79 Å². The summed E-state index contributed by atoms with van der Waals surface area (Å²) >= 11 is 0. The molecular formula is C11H16N4O2. The average molecular weight is 236 g/mol. The molecule has 0 aliphatic carbocycles. The molecule has 2 heterocycles. The van der Waals surface area contributed by atoms with Crippen molar-refractivity contribution < 1.29 is 9.53 Å². The number of nitrogen functional groups attached to an aromatic ring is 1. The van der Waals surface area contributed by atoms with Crippen molar-refractivity contribution in [3.63, 3.8) is 0 Å². The van der Waals surface area contributed by atoms with Crippen LogP contribution in [0.5, 0.6) is 0 Å². The molecule has 1 aliphatic heterocycles. The van der Waals surface area contributed by atoms with E-state index in [0.717, 1.165) is 11.3 Å². The van der Waals surface area contributed by atoms with Gasteiger partial charge in [0.25, 0.3) is 0 Å². The first kappa shape index (κ1) is 11.6. The molecule has 0 bridgehead atoms. The molecule has 0 saturated carbocycles. The Morgan fingerprint density at radius 3 is 2.71 bits per heavy atom.